The third kappa shape index (κ3) is 2.72. The Morgan fingerprint density at radius 1 is 1.39 bits per heavy atom. The van der Waals surface area contributed by atoms with Gasteiger partial charge < -0.3 is 10.4 Å². The fraction of sp³-hybridized carbons (Fsp3) is 0.312. The number of aromatic hydroxyl groups is 1. The second-order valence-electron chi connectivity index (χ2n) is 5.84. The van der Waals surface area contributed by atoms with E-state index in [0.29, 0.717) is 11.1 Å². The van der Waals surface area contributed by atoms with Gasteiger partial charge in [0, 0.05) is 18.4 Å². The summed E-state index contributed by atoms with van der Waals surface area (Å²) in [5, 5.41) is 12.6. The second-order valence-corrected chi connectivity index (χ2v) is 6.24. The molecule has 3 rings (SSSR count). The smallest absolute Gasteiger partial charge is 0.260 e. The molecule has 6 nitrogen and oxygen atoms in total. The summed E-state index contributed by atoms with van der Waals surface area (Å²) in [6, 6.07) is 6.50. The number of benzene rings is 1. The molecule has 1 unspecified atom stereocenters. The van der Waals surface area contributed by atoms with Gasteiger partial charge in [-0.15, -0.1) is 12.6 Å². The Kier molecular flexibility index (Phi) is 3.89. The van der Waals surface area contributed by atoms with Crippen molar-refractivity contribution >= 4 is 24.4 Å². The number of phenols is 1. The largest absolute Gasteiger partial charge is 0.508 e. The molecule has 1 aromatic carbocycles. The van der Waals surface area contributed by atoms with Crippen LogP contribution >= 0.6 is 12.6 Å². The highest BCUT2D eigenvalue weighted by Gasteiger charge is 2.32. The van der Waals surface area contributed by atoms with Gasteiger partial charge in [-0.2, -0.15) is 0 Å². The Hall–Kier alpha value is -2.28. The van der Waals surface area contributed by atoms with Crippen LogP contribution < -0.4 is 10.9 Å². The molecule has 0 aliphatic carbocycles. The number of carbonyl (C=O) groups excluding carboxylic acids is 1. The van der Waals surface area contributed by atoms with Gasteiger partial charge >= 0.3 is 0 Å². The summed E-state index contributed by atoms with van der Waals surface area (Å²) in [5.74, 6) is -0.308. The van der Waals surface area contributed by atoms with Crippen LogP contribution in [0.2, 0.25) is 0 Å². The number of hydrogen-bond donors (Lipinski definition) is 3. The Balaban J connectivity index is 2.26. The molecule has 2 N–H and O–H groups in total. The SMILES string of the molecule is CC(C)n1c(S)nc2c(c1=O)C(c1cccc(O)c1)CC(=O)N2. The predicted molar refractivity (Wildman–Crippen MR) is 89.3 cm³/mol. The highest BCUT2D eigenvalue weighted by atomic mass is 32.1. The summed E-state index contributed by atoms with van der Waals surface area (Å²) in [6.07, 6.45) is 0.136. The normalized spacial score (nSPS) is 17.0. The van der Waals surface area contributed by atoms with Gasteiger partial charge in [0.25, 0.3) is 5.56 Å². The summed E-state index contributed by atoms with van der Waals surface area (Å²) in [6.45, 7) is 3.75. The Morgan fingerprint density at radius 2 is 2.13 bits per heavy atom. The molecule has 0 fully saturated rings. The van der Waals surface area contributed by atoms with Gasteiger partial charge in [0.05, 0.1) is 5.56 Å². The summed E-state index contributed by atoms with van der Waals surface area (Å²) in [4.78, 5) is 29.2. The van der Waals surface area contributed by atoms with Crippen LogP contribution in [-0.4, -0.2) is 20.6 Å². The highest BCUT2D eigenvalue weighted by molar-refractivity contribution is 7.80. The lowest BCUT2D eigenvalue weighted by Gasteiger charge is -2.26. The van der Waals surface area contributed by atoms with Gasteiger partial charge in [0.2, 0.25) is 5.91 Å². The van der Waals surface area contributed by atoms with Crippen molar-refractivity contribution in [2.24, 2.45) is 0 Å². The number of fused-ring (bicyclic) bond motifs is 1. The fourth-order valence-electron chi connectivity index (χ4n) is 2.91. The number of hydrogen-bond acceptors (Lipinski definition) is 5. The van der Waals surface area contributed by atoms with Crippen molar-refractivity contribution in [2.45, 2.75) is 37.4 Å². The van der Waals surface area contributed by atoms with Crippen LogP contribution in [0.3, 0.4) is 0 Å². The van der Waals surface area contributed by atoms with Crippen LogP contribution in [0.5, 0.6) is 5.75 Å². The minimum absolute atomic E-state index is 0.0954. The topological polar surface area (TPSA) is 84.2 Å². The van der Waals surface area contributed by atoms with E-state index in [9.17, 15) is 14.7 Å². The lowest BCUT2D eigenvalue weighted by Crippen LogP contribution is -2.35. The number of aromatic nitrogens is 2. The molecule has 1 aliphatic rings. The quantitative estimate of drug-likeness (QED) is 0.582. The molecular weight excluding hydrogens is 314 g/mol. The minimum atomic E-state index is -0.440. The van der Waals surface area contributed by atoms with Crippen molar-refractivity contribution < 1.29 is 9.90 Å². The first-order valence-corrected chi connectivity index (χ1v) is 7.77. The number of nitrogens with zero attached hydrogens (tertiary/aromatic N) is 2. The van der Waals surface area contributed by atoms with Gasteiger partial charge in [-0.1, -0.05) is 12.1 Å². The number of phenolic OH excluding ortho intramolecular Hbond substituents is 1. The average molecular weight is 331 g/mol. The Morgan fingerprint density at radius 3 is 2.78 bits per heavy atom. The van der Waals surface area contributed by atoms with E-state index in [2.05, 4.69) is 22.9 Å². The zero-order chi connectivity index (χ0) is 16.7. The number of amides is 1. The summed E-state index contributed by atoms with van der Waals surface area (Å²) < 4.78 is 1.50. The van der Waals surface area contributed by atoms with Gasteiger partial charge in [-0.05, 0) is 31.5 Å². The molecule has 1 amide bonds. The van der Waals surface area contributed by atoms with E-state index in [1.54, 1.807) is 24.3 Å². The molecule has 0 spiro atoms. The maximum Gasteiger partial charge on any atom is 0.260 e. The van der Waals surface area contributed by atoms with Crippen molar-refractivity contribution in [1.82, 2.24) is 9.55 Å². The molecule has 2 heterocycles. The van der Waals surface area contributed by atoms with Crippen LogP contribution in [-0.2, 0) is 4.79 Å². The number of carbonyl (C=O) groups is 1. The van der Waals surface area contributed by atoms with E-state index in [4.69, 9.17) is 0 Å². The molecule has 2 aromatic rings. The molecule has 0 saturated carbocycles. The summed E-state index contributed by atoms with van der Waals surface area (Å²) in [7, 11) is 0. The Bertz CT molecular complexity index is 845. The third-order valence-corrected chi connectivity index (χ3v) is 4.23. The van der Waals surface area contributed by atoms with Crippen LogP contribution in [0.1, 0.15) is 43.4 Å². The standard InChI is InChI=1S/C16H17N3O3S/c1-8(2)19-15(22)13-11(9-4-3-5-10(20)6-9)7-12(21)17-14(13)18-16(19)23/h3-6,8,11,20H,7H2,1-2H3,(H,17,21)(H,18,23). The zero-order valence-electron chi connectivity index (χ0n) is 12.8. The molecule has 23 heavy (non-hydrogen) atoms. The highest BCUT2D eigenvalue weighted by Crippen LogP contribution is 2.35. The van der Waals surface area contributed by atoms with Gasteiger partial charge in [0.1, 0.15) is 11.6 Å². The van der Waals surface area contributed by atoms with E-state index in [1.165, 1.54) is 4.57 Å². The van der Waals surface area contributed by atoms with Gasteiger partial charge in [-0.3, -0.25) is 14.2 Å². The van der Waals surface area contributed by atoms with Crippen molar-refractivity contribution in [1.29, 1.82) is 0 Å². The van der Waals surface area contributed by atoms with Crippen LogP contribution in [0.4, 0.5) is 5.82 Å². The number of nitrogens with one attached hydrogen (secondary N) is 1. The Labute approximate surface area is 138 Å². The van der Waals surface area contributed by atoms with E-state index in [-0.39, 0.29) is 40.7 Å². The summed E-state index contributed by atoms with van der Waals surface area (Å²) >= 11 is 4.26. The summed E-state index contributed by atoms with van der Waals surface area (Å²) in [5.41, 5.74) is 0.923. The lowest BCUT2D eigenvalue weighted by atomic mass is 9.86. The van der Waals surface area contributed by atoms with Crippen LogP contribution in [0.25, 0.3) is 0 Å². The van der Waals surface area contributed by atoms with Gasteiger partial charge in [0.15, 0.2) is 5.16 Å². The molecule has 1 aromatic heterocycles. The predicted octanol–water partition coefficient (Wildman–Crippen LogP) is 2.29. The fourth-order valence-corrected chi connectivity index (χ4v) is 3.33. The second kappa shape index (κ2) is 5.73. The number of thiol groups is 1. The zero-order valence-corrected chi connectivity index (χ0v) is 13.7. The molecule has 120 valence electrons. The molecule has 1 aliphatic heterocycles. The maximum absolute atomic E-state index is 12.9. The maximum atomic E-state index is 12.9. The first kappa shape index (κ1) is 15.6. The average Bonchev–Trinajstić information content (AvgIpc) is 2.45. The van der Waals surface area contributed by atoms with E-state index < -0.39 is 5.92 Å². The van der Waals surface area contributed by atoms with Crippen molar-refractivity contribution in [3.63, 3.8) is 0 Å². The number of anilines is 1. The van der Waals surface area contributed by atoms with Gasteiger partial charge in [-0.25, -0.2) is 4.98 Å². The molecule has 7 heteroatoms. The molecule has 0 bridgehead atoms. The van der Waals surface area contributed by atoms with Crippen LogP contribution in [0, 0.1) is 0 Å². The van der Waals surface area contributed by atoms with E-state index in [0.717, 1.165) is 0 Å². The lowest BCUT2D eigenvalue weighted by molar-refractivity contribution is -0.116. The monoisotopic (exact) mass is 331 g/mol. The van der Waals surface area contributed by atoms with E-state index in [1.807, 2.05) is 13.8 Å². The van der Waals surface area contributed by atoms with Crippen molar-refractivity contribution in [3.8, 4) is 5.75 Å². The minimum Gasteiger partial charge on any atom is -0.508 e. The molecule has 1 atom stereocenters. The first-order valence-electron chi connectivity index (χ1n) is 7.32. The number of rotatable bonds is 2. The molecular formula is C16H17N3O3S. The van der Waals surface area contributed by atoms with Crippen molar-refractivity contribution in [2.75, 3.05) is 5.32 Å². The molecule has 0 saturated heterocycles. The third-order valence-electron chi connectivity index (χ3n) is 3.92. The van der Waals surface area contributed by atoms with E-state index >= 15 is 0 Å². The van der Waals surface area contributed by atoms with Crippen molar-refractivity contribution in [3.05, 3.63) is 45.7 Å². The van der Waals surface area contributed by atoms with Crippen LogP contribution in [0.15, 0.2) is 34.2 Å². The first-order chi connectivity index (χ1) is 10.9. The molecule has 0 radical (unpaired) electrons.